The SMILES string of the molecule is CC1(C)CN(Cc2nccs2)C[C@]1(C)O. The molecule has 3 nitrogen and oxygen atoms in total. The Morgan fingerprint density at radius 1 is 1.47 bits per heavy atom. The van der Waals surface area contributed by atoms with Crippen molar-refractivity contribution in [3.8, 4) is 0 Å². The highest BCUT2D eigenvalue weighted by Crippen LogP contribution is 2.38. The van der Waals surface area contributed by atoms with Crippen LogP contribution in [0.4, 0.5) is 0 Å². The van der Waals surface area contributed by atoms with Crippen molar-refractivity contribution in [2.75, 3.05) is 13.1 Å². The molecule has 0 unspecified atom stereocenters. The molecule has 0 radical (unpaired) electrons. The molecule has 15 heavy (non-hydrogen) atoms. The van der Waals surface area contributed by atoms with Gasteiger partial charge in [0.25, 0.3) is 0 Å². The van der Waals surface area contributed by atoms with E-state index in [1.165, 1.54) is 0 Å². The summed E-state index contributed by atoms with van der Waals surface area (Å²) in [7, 11) is 0. The second-order valence-corrected chi connectivity index (χ2v) is 6.21. The fraction of sp³-hybridized carbons (Fsp3) is 0.727. The number of rotatable bonds is 2. The molecule has 1 aromatic heterocycles. The highest BCUT2D eigenvalue weighted by Gasteiger charge is 2.47. The zero-order valence-electron chi connectivity index (χ0n) is 9.53. The first-order chi connectivity index (χ1) is 6.91. The Hall–Kier alpha value is -0.450. The lowest BCUT2D eigenvalue weighted by molar-refractivity contribution is -0.0111. The third-order valence-electron chi connectivity index (χ3n) is 3.45. The molecule has 1 aliphatic heterocycles. The van der Waals surface area contributed by atoms with E-state index in [2.05, 4.69) is 23.7 Å². The van der Waals surface area contributed by atoms with Crippen molar-refractivity contribution in [1.29, 1.82) is 0 Å². The lowest BCUT2D eigenvalue weighted by atomic mass is 9.79. The van der Waals surface area contributed by atoms with E-state index in [1.807, 2.05) is 18.5 Å². The van der Waals surface area contributed by atoms with Crippen molar-refractivity contribution in [2.24, 2.45) is 5.41 Å². The van der Waals surface area contributed by atoms with Crippen LogP contribution in [0.2, 0.25) is 0 Å². The molecule has 0 aliphatic carbocycles. The minimum atomic E-state index is -0.593. The van der Waals surface area contributed by atoms with Gasteiger partial charge < -0.3 is 5.11 Å². The van der Waals surface area contributed by atoms with Crippen LogP contribution in [0.5, 0.6) is 0 Å². The maximum Gasteiger partial charge on any atom is 0.107 e. The Morgan fingerprint density at radius 3 is 2.67 bits per heavy atom. The maximum absolute atomic E-state index is 10.3. The molecule has 1 saturated heterocycles. The maximum atomic E-state index is 10.3. The normalized spacial score (nSPS) is 30.9. The first-order valence-corrected chi connectivity index (χ1v) is 6.12. The van der Waals surface area contributed by atoms with Crippen LogP contribution < -0.4 is 0 Å². The van der Waals surface area contributed by atoms with Gasteiger partial charge in [-0.1, -0.05) is 13.8 Å². The summed E-state index contributed by atoms with van der Waals surface area (Å²) >= 11 is 1.68. The van der Waals surface area contributed by atoms with Gasteiger partial charge in [0, 0.05) is 30.1 Å². The predicted octanol–water partition coefficient (Wildman–Crippen LogP) is 1.74. The minimum Gasteiger partial charge on any atom is -0.388 e. The van der Waals surface area contributed by atoms with Crippen LogP contribution in [0.3, 0.4) is 0 Å². The summed E-state index contributed by atoms with van der Waals surface area (Å²) in [6.07, 6.45) is 1.83. The Kier molecular flexibility index (Phi) is 2.61. The zero-order chi connectivity index (χ0) is 11.1. The molecule has 2 rings (SSSR count). The largest absolute Gasteiger partial charge is 0.388 e. The summed E-state index contributed by atoms with van der Waals surface area (Å²) in [5.74, 6) is 0. The third kappa shape index (κ3) is 2.07. The van der Waals surface area contributed by atoms with Crippen molar-refractivity contribution in [3.05, 3.63) is 16.6 Å². The molecular weight excluding hydrogens is 208 g/mol. The number of aliphatic hydroxyl groups is 1. The predicted molar refractivity (Wildman–Crippen MR) is 61.8 cm³/mol. The van der Waals surface area contributed by atoms with Gasteiger partial charge in [-0.3, -0.25) is 4.90 Å². The minimum absolute atomic E-state index is 0.0374. The third-order valence-corrected chi connectivity index (χ3v) is 4.22. The number of thiazole rings is 1. The van der Waals surface area contributed by atoms with Crippen LogP contribution >= 0.6 is 11.3 Å². The number of likely N-dealkylation sites (tertiary alicyclic amines) is 1. The highest BCUT2D eigenvalue weighted by atomic mass is 32.1. The molecule has 4 heteroatoms. The molecule has 2 heterocycles. The Bertz CT molecular complexity index is 316. The summed E-state index contributed by atoms with van der Waals surface area (Å²) in [5.41, 5.74) is -0.630. The molecule has 1 atom stereocenters. The second-order valence-electron chi connectivity index (χ2n) is 5.23. The van der Waals surface area contributed by atoms with Gasteiger partial charge >= 0.3 is 0 Å². The van der Waals surface area contributed by atoms with Crippen LogP contribution in [0.1, 0.15) is 25.8 Å². The molecule has 1 aliphatic rings. The Morgan fingerprint density at radius 2 is 2.20 bits per heavy atom. The lowest BCUT2D eigenvalue weighted by Gasteiger charge is -2.31. The van der Waals surface area contributed by atoms with Gasteiger partial charge in [-0.25, -0.2) is 4.98 Å². The van der Waals surface area contributed by atoms with E-state index in [0.29, 0.717) is 0 Å². The van der Waals surface area contributed by atoms with Crippen molar-refractivity contribution >= 4 is 11.3 Å². The van der Waals surface area contributed by atoms with E-state index in [1.54, 1.807) is 11.3 Å². The van der Waals surface area contributed by atoms with Crippen LogP contribution in [0.25, 0.3) is 0 Å². The van der Waals surface area contributed by atoms with Gasteiger partial charge in [0.15, 0.2) is 0 Å². The van der Waals surface area contributed by atoms with Crippen LogP contribution in [-0.4, -0.2) is 33.7 Å². The van der Waals surface area contributed by atoms with Gasteiger partial charge in [-0.2, -0.15) is 0 Å². The van der Waals surface area contributed by atoms with E-state index < -0.39 is 5.60 Å². The number of β-amino-alcohol motifs (C(OH)–C–C–N with tert-alkyl or cyclic N) is 1. The fourth-order valence-corrected chi connectivity index (χ4v) is 2.73. The van der Waals surface area contributed by atoms with Crippen molar-refractivity contribution in [3.63, 3.8) is 0 Å². The Labute approximate surface area is 94.8 Å². The molecule has 1 N–H and O–H groups in total. The summed E-state index contributed by atoms with van der Waals surface area (Å²) in [5, 5.41) is 13.4. The molecule has 1 fully saturated rings. The topological polar surface area (TPSA) is 36.4 Å². The Balaban J connectivity index is 2.04. The molecular formula is C11H18N2OS. The average Bonchev–Trinajstić information content (AvgIpc) is 2.59. The smallest absolute Gasteiger partial charge is 0.107 e. The monoisotopic (exact) mass is 226 g/mol. The summed E-state index contributed by atoms with van der Waals surface area (Å²) in [6.45, 7) is 8.69. The van der Waals surface area contributed by atoms with Crippen LogP contribution in [0.15, 0.2) is 11.6 Å². The molecule has 0 spiro atoms. The summed E-state index contributed by atoms with van der Waals surface area (Å²) in [6, 6.07) is 0. The number of aromatic nitrogens is 1. The number of hydrogen-bond donors (Lipinski definition) is 1. The zero-order valence-corrected chi connectivity index (χ0v) is 10.3. The molecule has 84 valence electrons. The van der Waals surface area contributed by atoms with Crippen molar-refractivity contribution in [2.45, 2.75) is 32.9 Å². The van der Waals surface area contributed by atoms with E-state index >= 15 is 0 Å². The van der Waals surface area contributed by atoms with Gasteiger partial charge in [-0.15, -0.1) is 11.3 Å². The van der Waals surface area contributed by atoms with Crippen molar-refractivity contribution < 1.29 is 5.11 Å². The van der Waals surface area contributed by atoms with E-state index in [0.717, 1.165) is 24.6 Å². The van der Waals surface area contributed by atoms with Gasteiger partial charge in [0.2, 0.25) is 0 Å². The molecule has 0 bridgehead atoms. The summed E-state index contributed by atoms with van der Waals surface area (Å²) < 4.78 is 0. The van der Waals surface area contributed by atoms with Gasteiger partial charge in [-0.05, 0) is 6.92 Å². The number of hydrogen-bond acceptors (Lipinski definition) is 4. The number of nitrogens with zero attached hydrogens (tertiary/aromatic N) is 2. The molecule has 1 aromatic rings. The quantitative estimate of drug-likeness (QED) is 0.834. The van der Waals surface area contributed by atoms with Gasteiger partial charge in [0.1, 0.15) is 5.01 Å². The van der Waals surface area contributed by atoms with E-state index in [9.17, 15) is 5.11 Å². The molecule has 0 amide bonds. The highest BCUT2D eigenvalue weighted by molar-refractivity contribution is 7.09. The average molecular weight is 226 g/mol. The van der Waals surface area contributed by atoms with Crippen molar-refractivity contribution in [1.82, 2.24) is 9.88 Å². The second kappa shape index (κ2) is 3.54. The first-order valence-electron chi connectivity index (χ1n) is 5.24. The van der Waals surface area contributed by atoms with Gasteiger partial charge in [0.05, 0.1) is 12.1 Å². The van der Waals surface area contributed by atoms with Crippen LogP contribution in [-0.2, 0) is 6.54 Å². The summed E-state index contributed by atoms with van der Waals surface area (Å²) in [4.78, 5) is 6.55. The molecule has 0 aromatic carbocycles. The standard InChI is InChI=1S/C11H18N2OS/c1-10(2)7-13(8-11(10,3)14)6-9-12-4-5-15-9/h4-5,14H,6-8H2,1-3H3/t11-/m0/s1. The van der Waals surface area contributed by atoms with E-state index in [-0.39, 0.29) is 5.41 Å². The first kappa shape index (κ1) is 11.0. The lowest BCUT2D eigenvalue weighted by Crippen LogP contribution is -2.40. The molecule has 0 saturated carbocycles. The fourth-order valence-electron chi connectivity index (χ4n) is 2.07. The van der Waals surface area contributed by atoms with Crippen LogP contribution in [0, 0.1) is 5.41 Å². The van der Waals surface area contributed by atoms with E-state index in [4.69, 9.17) is 0 Å².